The molecular formula is C24H35N5O3. The predicted molar refractivity (Wildman–Crippen MR) is 127 cm³/mol. The maximum absolute atomic E-state index is 12.5. The van der Waals surface area contributed by atoms with Gasteiger partial charge in [-0.1, -0.05) is 12.5 Å². The molecule has 8 heteroatoms. The summed E-state index contributed by atoms with van der Waals surface area (Å²) >= 11 is 0. The van der Waals surface area contributed by atoms with E-state index in [1.807, 2.05) is 43.0 Å². The first kappa shape index (κ1) is 23.6. The Morgan fingerprint density at radius 1 is 1.12 bits per heavy atom. The van der Waals surface area contributed by atoms with Crippen LogP contribution in [0.15, 0.2) is 36.9 Å². The van der Waals surface area contributed by atoms with E-state index in [1.165, 1.54) is 0 Å². The summed E-state index contributed by atoms with van der Waals surface area (Å²) in [5, 5.41) is 5.82. The van der Waals surface area contributed by atoms with Crippen LogP contribution in [0.4, 0.5) is 16.2 Å². The Hall–Kier alpha value is -3.03. The van der Waals surface area contributed by atoms with Crippen LogP contribution in [-0.4, -0.2) is 73.0 Å². The van der Waals surface area contributed by atoms with Gasteiger partial charge in [-0.3, -0.25) is 9.59 Å². The Morgan fingerprint density at radius 2 is 1.78 bits per heavy atom. The van der Waals surface area contributed by atoms with Crippen LogP contribution in [0.3, 0.4) is 0 Å². The summed E-state index contributed by atoms with van der Waals surface area (Å²) < 4.78 is 0. The minimum atomic E-state index is -0.211. The van der Waals surface area contributed by atoms with Gasteiger partial charge in [0.1, 0.15) is 6.54 Å². The maximum atomic E-state index is 12.5. The summed E-state index contributed by atoms with van der Waals surface area (Å²) in [5.74, 6) is -0.112. The van der Waals surface area contributed by atoms with Gasteiger partial charge < -0.3 is 25.3 Å². The van der Waals surface area contributed by atoms with Crippen molar-refractivity contribution < 1.29 is 14.4 Å². The number of amides is 4. The molecule has 0 bridgehead atoms. The number of anilines is 2. The summed E-state index contributed by atoms with van der Waals surface area (Å²) in [6, 6.07) is 7.80. The number of carbonyl (C=O) groups excluding carboxylic acids is 3. The van der Waals surface area contributed by atoms with E-state index in [1.54, 1.807) is 11.0 Å². The zero-order chi connectivity index (χ0) is 23.1. The van der Waals surface area contributed by atoms with Crippen molar-refractivity contribution in [2.75, 3.05) is 49.5 Å². The Morgan fingerprint density at radius 3 is 2.31 bits per heavy atom. The third-order valence-electron chi connectivity index (χ3n) is 5.95. The zero-order valence-electron chi connectivity index (χ0n) is 19.2. The number of hydrogen-bond donors (Lipinski definition) is 2. The molecule has 2 aliphatic rings. The van der Waals surface area contributed by atoms with Crippen molar-refractivity contribution in [1.82, 2.24) is 15.1 Å². The minimum absolute atomic E-state index is 0.0148. The average Bonchev–Trinajstić information content (AvgIpc) is 2.72. The fourth-order valence-electron chi connectivity index (χ4n) is 3.94. The molecule has 1 heterocycles. The number of hydrogen-bond acceptors (Lipinski definition) is 4. The van der Waals surface area contributed by atoms with E-state index in [0.29, 0.717) is 25.3 Å². The summed E-state index contributed by atoms with van der Waals surface area (Å²) in [6.45, 7) is 10.9. The molecule has 1 aromatic rings. The lowest BCUT2D eigenvalue weighted by molar-refractivity contribution is -0.140. The molecule has 1 aliphatic heterocycles. The topological polar surface area (TPSA) is 85.0 Å². The molecule has 2 N–H and O–H groups in total. The van der Waals surface area contributed by atoms with Gasteiger partial charge in [0.15, 0.2) is 0 Å². The molecule has 4 amide bonds. The molecule has 1 aliphatic carbocycles. The number of nitrogens with zero attached hydrogens (tertiary/aromatic N) is 3. The number of carbonyl (C=O) groups is 3. The van der Waals surface area contributed by atoms with E-state index in [4.69, 9.17) is 0 Å². The van der Waals surface area contributed by atoms with Gasteiger partial charge in [0.2, 0.25) is 11.8 Å². The second-order valence-corrected chi connectivity index (χ2v) is 8.81. The molecular weight excluding hydrogens is 406 g/mol. The number of rotatable bonds is 8. The van der Waals surface area contributed by atoms with Crippen molar-refractivity contribution in [3.8, 4) is 0 Å². The molecule has 1 saturated heterocycles. The van der Waals surface area contributed by atoms with Crippen LogP contribution >= 0.6 is 0 Å². The van der Waals surface area contributed by atoms with Crippen LogP contribution in [0.1, 0.15) is 33.1 Å². The fourth-order valence-corrected chi connectivity index (χ4v) is 3.94. The molecule has 3 rings (SSSR count). The van der Waals surface area contributed by atoms with Crippen molar-refractivity contribution >= 4 is 29.2 Å². The minimum Gasteiger partial charge on any atom is -0.368 e. The lowest BCUT2D eigenvalue weighted by atomic mass is 9.84. The number of piperazine rings is 1. The summed E-state index contributed by atoms with van der Waals surface area (Å²) in [5.41, 5.74) is 1.75. The normalized spacial score (nSPS) is 16.3. The van der Waals surface area contributed by atoms with Crippen LogP contribution in [0.25, 0.3) is 0 Å². The van der Waals surface area contributed by atoms with Gasteiger partial charge >= 0.3 is 6.03 Å². The summed E-state index contributed by atoms with van der Waals surface area (Å²) in [4.78, 5) is 42.8. The summed E-state index contributed by atoms with van der Waals surface area (Å²) in [7, 11) is 0. The highest BCUT2D eigenvalue weighted by Gasteiger charge is 2.30. The van der Waals surface area contributed by atoms with Gasteiger partial charge in [0.25, 0.3) is 0 Å². The third-order valence-corrected chi connectivity index (χ3v) is 5.95. The van der Waals surface area contributed by atoms with E-state index in [0.717, 1.165) is 38.0 Å². The molecule has 8 nitrogen and oxygen atoms in total. The molecule has 2 fully saturated rings. The quantitative estimate of drug-likeness (QED) is 0.608. The Kier molecular flexibility index (Phi) is 8.14. The van der Waals surface area contributed by atoms with E-state index in [9.17, 15) is 14.4 Å². The van der Waals surface area contributed by atoms with Crippen LogP contribution in [0.2, 0.25) is 0 Å². The molecule has 0 radical (unpaired) electrons. The molecule has 174 valence electrons. The fraction of sp³-hybridized carbons (Fsp3) is 0.542. The second kappa shape index (κ2) is 11.0. The SMILES string of the molecule is C=CCN(CC(=O)Nc1ccc(N2CCN(C(=O)NC(C)C)CC2)cc1)C(=O)C1CCC1. The van der Waals surface area contributed by atoms with E-state index >= 15 is 0 Å². The van der Waals surface area contributed by atoms with Crippen molar-refractivity contribution in [2.24, 2.45) is 5.92 Å². The molecule has 0 atom stereocenters. The van der Waals surface area contributed by atoms with Gasteiger partial charge in [-0.05, 0) is 51.0 Å². The zero-order valence-corrected chi connectivity index (χ0v) is 19.2. The first-order valence-electron chi connectivity index (χ1n) is 11.5. The molecule has 32 heavy (non-hydrogen) atoms. The van der Waals surface area contributed by atoms with Crippen molar-refractivity contribution in [3.63, 3.8) is 0 Å². The van der Waals surface area contributed by atoms with Gasteiger partial charge in [-0.2, -0.15) is 0 Å². The van der Waals surface area contributed by atoms with Gasteiger partial charge in [0, 0.05) is 56.1 Å². The third kappa shape index (κ3) is 6.24. The first-order chi connectivity index (χ1) is 15.4. The van der Waals surface area contributed by atoms with E-state index in [2.05, 4.69) is 22.1 Å². The Balaban J connectivity index is 1.49. The lowest BCUT2D eigenvalue weighted by Crippen LogP contribution is -2.52. The summed E-state index contributed by atoms with van der Waals surface area (Å²) in [6.07, 6.45) is 4.56. The van der Waals surface area contributed by atoms with Gasteiger partial charge in [0.05, 0.1) is 0 Å². The average molecular weight is 442 g/mol. The maximum Gasteiger partial charge on any atom is 0.317 e. The second-order valence-electron chi connectivity index (χ2n) is 8.81. The largest absolute Gasteiger partial charge is 0.368 e. The molecule has 0 unspecified atom stereocenters. The number of nitrogens with one attached hydrogen (secondary N) is 2. The predicted octanol–water partition coefficient (Wildman–Crippen LogP) is 2.68. The first-order valence-corrected chi connectivity index (χ1v) is 11.5. The van der Waals surface area contributed by atoms with Crippen LogP contribution in [0.5, 0.6) is 0 Å². The van der Waals surface area contributed by atoms with Crippen LogP contribution < -0.4 is 15.5 Å². The highest BCUT2D eigenvalue weighted by atomic mass is 16.2. The van der Waals surface area contributed by atoms with Crippen LogP contribution in [-0.2, 0) is 9.59 Å². The molecule has 1 saturated carbocycles. The van der Waals surface area contributed by atoms with Crippen molar-refractivity contribution in [3.05, 3.63) is 36.9 Å². The molecule has 1 aromatic carbocycles. The highest BCUT2D eigenvalue weighted by molar-refractivity contribution is 5.95. The van der Waals surface area contributed by atoms with E-state index < -0.39 is 0 Å². The molecule has 0 spiro atoms. The smallest absolute Gasteiger partial charge is 0.317 e. The highest BCUT2D eigenvalue weighted by Crippen LogP contribution is 2.28. The Bertz CT molecular complexity index is 811. The van der Waals surface area contributed by atoms with Crippen LogP contribution in [0, 0.1) is 5.92 Å². The van der Waals surface area contributed by atoms with Crippen molar-refractivity contribution in [2.45, 2.75) is 39.2 Å². The number of urea groups is 1. The number of benzene rings is 1. The van der Waals surface area contributed by atoms with Gasteiger partial charge in [-0.15, -0.1) is 6.58 Å². The van der Waals surface area contributed by atoms with E-state index in [-0.39, 0.29) is 36.3 Å². The Labute approximate surface area is 190 Å². The van der Waals surface area contributed by atoms with Gasteiger partial charge in [-0.25, -0.2) is 4.79 Å². The lowest BCUT2D eigenvalue weighted by Gasteiger charge is -2.36. The van der Waals surface area contributed by atoms with Crippen molar-refractivity contribution in [1.29, 1.82) is 0 Å². The standard InChI is InChI=1S/C24H35N5O3/c1-4-12-29(23(31)19-6-5-7-19)17-22(30)26-20-8-10-21(11-9-20)27-13-15-28(16-14-27)24(32)25-18(2)3/h4,8-11,18-19H,1,5-7,12-17H2,2-3H3,(H,25,32)(H,26,30). The molecule has 0 aromatic heterocycles. The monoisotopic (exact) mass is 441 g/mol.